The van der Waals surface area contributed by atoms with Gasteiger partial charge in [-0.3, -0.25) is 4.79 Å². The van der Waals surface area contributed by atoms with E-state index in [1.807, 2.05) is 53.1 Å². The number of carbonyl (C=O) groups is 1. The number of pyridine rings is 1. The second-order valence-electron chi connectivity index (χ2n) is 8.27. The van der Waals surface area contributed by atoms with Crippen molar-refractivity contribution in [3.63, 3.8) is 0 Å². The van der Waals surface area contributed by atoms with Crippen molar-refractivity contribution in [3.8, 4) is 11.3 Å². The first-order valence-corrected chi connectivity index (χ1v) is 12.2. The fourth-order valence-corrected chi connectivity index (χ4v) is 5.08. The summed E-state index contributed by atoms with van der Waals surface area (Å²) in [5, 5.41) is 1.54. The van der Waals surface area contributed by atoms with Crippen molar-refractivity contribution in [3.05, 3.63) is 64.2 Å². The molecule has 6 nitrogen and oxygen atoms in total. The lowest BCUT2D eigenvalue weighted by Gasteiger charge is -2.27. The summed E-state index contributed by atoms with van der Waals surface area (Å²) in [7, 11) is 2.06. The van der Waals surface area contributed by atoms with Gasteiger partial charge in [-0.05, 0) is 30.8 Å². The molecule has 4 rings (SSSR count). The van der Waals surface area contributed by atoms with Gasteiger partial charge in [0.15, 0.2) is 0 Å². The third-order valence-corrected chi connectivity index (χ3v) is 6.75. The topological polar surface area (TPSA) is 88.5 Å². The van der Waals surface area contributed by atoms with E-state index >= 15 is 0 Å². The van der Waals surface area contributed by atoms with Crippen LogP contribution in [0.4, 0.5) is 0 Å². The van der Waals surface area contributed by atoms with E-state index in [0.717, 1.165) is 59.5 Å². The molecule has 0 spiro atoms. The fraction of sp³-hybridized carbons (Fsp3) is 0.360. The van der Waals surface area contributed by atoms with Gasteiger partial charge in [0, 0.05) is 67.1 Å². The van der Waals surface area contributed by atoms with Gasteiger partial charge in [0.25, 0.3) is 5.91 Å². The Morgan fingerprint density at radius 3 is 2.84 bits per heavy atom. The van der Waals surface area contributed by atoms with Gasteiger partial charge in [0.05, 0.1) is 16.6 Å². The number of aromatic nitrogens is 1. The van der Waals surface area contributed by atoms with Gasteiger partial charge < -0.3 is 21.3 Å². The number of likely N-dealkylation sites (N-methyl/N-ethyl adjacent to an activating group) is 1. The Labute approximate surface area is 193 Å². The number of benzene rings is 1. The molecule has 1 aromatic carbocycles. The van der Waals surface area contributed by atoms with Gasteiger partial charge in [-0.25, -0.2) is 4.98 Å². The number of nitrogens with zero attached hydrogens (tertiary/aromatic N) is 3. The minimum absolute atomic E-state index is 0.0438. The van der Waals surface area contributed by atoms with Crippen LogP contribution in [0.3, 0.4) is 0 Å². The van der Waals surface area contributed by atoms with E-state index in [1.54, 1.807) is 0 Å². The molecule has 4 N–H and O–H groups in total. The summed E-state index contributed by atoms with van der Waals surface area (Å²) < 4.78 is 0. The maximum Gasteiger partial charge on any atom is 0.254 e. The smallest absolute Gasteiger partial charge is 0.254 e. The van der Waals surface area contributed by atoms with E-state index in [9.17, 15) is 4.79 Å². The zero-order valence-corrected chi connectivity index (χ0v) is 19.4. The summed E-state index contributed by atoms with van der Waals surface area (Å²) >= 11 is 1.89. The van der Waals surface area contributed by atoms with Gasteiger partial charge in [0.1, 0.15) is 0 Å². The molecular formula is C25H31N5OS. The maximum absolute atomic E-state index is 13.6. The first-order valence-electron chi connectivity index (χ1n) is 11.1. The molecule has 7 heteroatoms. The quantitative estimate of drug-likeness (QED) is 0.688. The first kappa shape index (κ1) is 22.6. The number of thioether (sulfide) groups is 1. The Bertz CT molecular complexity index is 1140. The van der Waals surface area contributed by atoms with Gasteiger partial charge in [-0.15, -0.1) is 0 Å². The summed E-state index contributed by atoms with van der Waals surface area (Å²) in [6, 6.07) is 10.3. The molecule has 2 aromatic rings. The molecule has 32 heavy (non-hydrogen) atoms. The Morgan fingerprint density at radius 1 is 1.25 bits per heavy atom. The SMILES string of the molecule is CN(CCN)Cc1cccc(-c2cc(C(=O)N3CCSCC3)c3c(n2)=CC=CCC=3N)c1. The highest BCUT2D eigenvalue weighted by atomic mass is 32.2. The van der Waals surface area contributed by atoms with Crippen molar-refractivity contribution in [1.29, 1.82) is 0 Å². The highest BCUT2D eigenvalue weighted by Gasteiger charge is 2.22. The number of fused-ring (bicyclic) bond motifs is 1. The van der Waals surface area contributed by atoms with Crippen molar-refractivity contribution < 1.29 is 4.79 Å². The molecule has 1 fully saturated rings. The molecule has 0 bridgehead atoms. The van der Waals surface area contributed by atoms with Crippen LogP contribution in [0.25, 0.3) is 23.0 Å². The molecule has 0 radical (unpaired) electrons. The number of allylic oxidation sites excluding steroid dienone is 1. The molecule has 1 aromatic heterocycles. The molecule has 1 aliphatic carbocycles. The Balaban J connectivity index is 1.80. The van der Waals surface area contributed by atoms with Crippen molar-refractivity contribution >= 4 is 29.4 Å². The molecule has 1 aliphatic heterocycles. The van der Waals surface area contributed by atoms with Crippen molar-refractivity contribution in [2.45, 2.75) is 13.0 Å². The first-order chi connectivity index (χ1) is 15.6. The molecule has 0 atom stereocenters. The summed E-state index contributed by atoms with van der Waals surface area (Å²) in [6.45, 7) is 3.80. The summed E-state index contributed by atoms with van der Waals surface area (Å²) in [5.74, 6) is 1.98. The van der Waals surface area contributed by atoms with E-state index in [0.29, 0.717) is 24.2 Å². The van der Waals surface area contributed by atoms with Gasteiger partial charge >= 0.3 is 0 Å². The predicted molar refractivity (Wildman–Crippen MR) is 133 cm³/mol. The van der Waals surface area contributed by atoms with Crippen LogP contribution in [0, 0.1) is 0 Å². The number of hydrogen-bond acceptors (Lipinski definition) is 6. The lowest BCUT2D eigenvalue weighted by Crippen LogP contribution is -2.44. The largest absolute Gasteiger partial charge is 0.401 e. The van der Waals surface area contributed by atoms with Crippen LogP contribution in [-0.4, -0.2) is 65.4 Å². The Hall–Kier alpha value is -2.61. The molecule has 1 amide bonds. The van der Waals surface area contributed by atoms with Crippen LogP contribution in [0.15, 0.2) is 42.5 Å². The maximum atomic E-state index is 13.6. The molecule has 2 heterocycles. The lowest BCUT2D eigenvalue weighted by molar-refractivity contribution is 0.0771. The molecule has 2 aliphatic rings. The molecule has 168 valence electrons. The molecule has 0 unspecified atom stereocenters. The highest BCUT2D eigenvalue weighted by molar-refractivity contribution is 7.99. The minimum atomic E-state index is 0.0438. The van der Waals surface area contributed by atoms with E-state index in [-0.39, 0.29) is 5.91 Å². The monoisotopic (exact) mass is 449 g/mol. The van der Waals surface area contributed by atoms with Crippen LogP contribution in [0.2, 0.25) is 0 Å². The Kier molecular flexibility index (Phi) is 7.29. The number of nitrogens with two attached hydrogens (primary N) is 2. The van der Waals surface area contributed by atoms with Gasteiger partial charge in [-0.2, -0.15) is 11.8 Å². The third kappa shape index (κ3) is 5.06. The third-order valence-electron chi connectivity index (χ3n) is 5.81. The van der Waals surface area contributed by atoms with E-state index in [4.69, 9.17) is 16.5 Å². The zero-order chi connectivity index (χ0) is 22.5. The van der Waals surface area contributed by atoms with Crippen LogP contribution in [-0.2, 0) is 6.54 Å². The van der Waals surface area contributed by atoms with Crippen LogP contribution < -0.4 is 22.0 Å². The van der Waals surface area contributed by atoms with Crippen molar-refractivity contribution in [2.24, 2.45) is 11.5 Å². The highest BCUT2D eigenvalue weighted by Crippen LogP contribution is 2.20. The number of carbonyl (C=O) groups excluding carboxylic acids is 1. The molecule has 0 saturated carbocycles. The van der Waals surface area contributed by atoms with Gasteiger partial charge in [0.2, 0.25) is 0 Å². The normalized spacial score (nSPS) is 16.0. The van der Waals surface area contributed by atoms with E-state index in [1.165, 1.54) is 5.56 Å². The van der Waals surface area contributed by atoms with E-state index in [2.05, 4.69) is 24.1 Å². The summed E-state index contributed by atoms with van der Waals surface area (Å²) in [6.07, 6.45) is 6.56. The Morgan fingerprint density at radius 2 is 2.06 bits per heavy atom. The average molecular weight is 450 g/mol. The van der Waals surface area contributed by atoms with Crippen LogP contribution in [0.5, 0.6) is 0 Å². The number of hydrogen-bond donors (Lipinski definition) is 2. The predicted octanol–water partition coefficient (Wildman–Crippen LogP) is 1.14. The second-order valence-corrected chi connectivity index (χ2v) is 9.50. The lowest BCUT2D eigenvalue weighted by atomic mass is 10.0. The second kappa shape index (κ2) is 10.3. The van der Waals surface area contributed by atoms with Crippen LogP contribution >= 0.6 is 11.8 Å². The molecule has 1 saturated heterocycles. The summed E-state index contributed by atoms with van der Waals surface area (Å²) in [5.41, 5.74) is 16.4. The molecular weight excluding hydrogens is 418 g/mol. The van der Waals surface area contributed by atoms with Gasteiger partial charge in [-0.1, -0.05) is 30.4 Å². The summed E-state index contributed by atoms with van der Waals surface area (Å²) in [4.78, 5) is 22.6. The minimum Gasteiger partial charge on any atom is -0.401 e. The average Bonchev–Trinajstić information content (AvgIpc) is 3.00. The number of rotatable bonds is 6. The van der Waals surface area contributed by atoms with Crippen LogP contribution in [0.1, 0.15) is 22.3 Å². The van der Waals surface area contributed by atoms with Crippen molar-refractivity contribution in [1.82, 2.24) is 14.8 Å². The fourth-order valence-electron chi connectivity index (χ4n) is 4.17. The van der Waals surface area contributed by atoms with E-state index < -0.39 is 0 Å². The zero-order valence-electron chi connectivity index (χ0n) is 18.6. The van der Waals surface area contributed by atoms with Crippen molar-refractivity contribution in [2.75, 3.05) is 44.7 Å². The standard InChI is InChI=1S/C25H31N5OS/c1-29(10-9-26)17-18-5-4-6-19(15-18)23-16-20(25(31)30-11-13-32-14-12-30)24-21(27)7-2-3-8-22(24)28-23/h2-6,8,15-16H,7,9-14,17,26-27H2,1H3. The number of amides is 1.